The molecule has 3 heteroatoms. The fraction of sp³-hybridized carbons (Fsp3) is 0.357. The first-order chi connectivity index (χ1) is 8.30. The SMILES string of the molecule is OC1(c2cccc3ccncc23)CCOCC1. The predicted octanol–water partition coefficient (Wildman–Crippen LogP) is 2.23. The molecule has 0 saturated carbocycles. The van der Waals surface area contributed by atoms with Crippen molar-refractivity contribution in [1.82, 2.24) is 4.98 Å². The summed E-state index contributed by atoms with van der Waals surface area (Å²) in [5, 5.41) is 12.9. The van der Waals surface area contributed by atoms with Gasteiger partial charge in [-0.15, -0.1) is 0 Å². The Hall–Kier alpha value is -1.45. The predicted molar refractivity (Wildman–Crippen MR) is 65.7 cm³/mol. The topological polar surface area (TPSA) is 42.4 Å². The lowest BCUT2D eigenvalue weighted by molar-refractivity contribution is -0.0670. The maximum Gasteiger partial charge on any atom is 0.0946 e. The van der Waals surface area contributed by atoms with Gasteiger partial charge >= 0.3 is 0 Å². The fourth-order valence-corrected chi connectivity index (χ4v) is 2.50. The van der Waals surface area contributed by atoms with E-state index in [9.17, 15) is 5.11 Å². The average Bonchev–Trinajstić information content (AvgIpc) is 2.39. The zero-order valence-electron chi connectivity index (χ0n) is 9.60. The molecule has 0 bridgehead atoms. The summed E-state index contributed by atoms with van der Waals surface area (Å²) in [7, 11) is 0. The largest absolute Gasteiger partial charge is 0.385 e. The van der Waals surface area contributed by atoms with Crippen LogP contribution in [-0.4, -0.2) is 23.3 Å². The minimum absolute atomic E-state index is 0.618. The zero-order valence-corrected chi connectivity index (χ0v) is 9.60. The van der Waals surface area contributed by atoms with Gasteiger partial charge in [0, 0.05) is 43.8 Å². The Morgan fingerprint density at radius 1 is 1.18 bits per heavy atom. The molecule has 1 aliphatic rings. The van der Waals surface area contributed by atoms with Crippen LogP contribution in [0, 0.1) is 0 Å². The molecule has 1 N–H and O–H groups in total. The second kappa shape index (κ2) is 4.09. The van der Waals surface area contributed by atoms with Crippen LogP contribution in [-0.2, 0) is 10.3 Å². The molecule has 1 saturated heterocycles. The number of pyridine rings is 1. The van der Waals surface area contributed by atoms with Gasteiger partial charge in [0.05, 0.1) is 5.60 Å². The zero-order chi connectivity index (χ0) is 11.7. The van der Waals surface area contributed by atoms with Crippen LogP contribution in [0.5, 0.6) is 0 Å². The Morgan fingerprint density at radius 3 is 2.82 bits per heavy atom. The van der Waals surface area contributed by atoms with Crippen molar-refractivity contribution in [2.75, 3.05) is 13.2 Å². The van der Waals surface area contributed by atoms with Crippen LogP contribution in [0.3, 0.4) is 0 Å². The molecule has 17 heavy (non-hydrogen) atoms. The molecule has 1 fully saturated rings. The Morgan fingerprint density at radius 2 is 2.00 bits per heavy atom. The van der Waals surface area contributed by atoms with E-state index in [0.29, 0.717) is 26.1 Å². The molecule has 2 aromatic rings. The van der Waals surface area contributed by atoms with E-state index in [0.717, 1.165) is 16.3 Å². The highest BCUT2D eigenvalue weighted by molar-refractivity contribution is 5.85. The van der Waals surface area contributed by atoms with Crippen LogP contribution in [0.15, 0.2) is 36.7 Å². The first kappa shape index (κ1) is 10.7. The average molecular weight is 229 g/mol. The van der Waals surface area contributed by atoms with Gasteiger partial charge in [-0.2, -0.15) is 0 Å². The molecule has 1 aromatic heterocycles. The van der Waals surface area contributed by atoms with Crippen molar-refractivity contribution in [2.45, 2.75) is 18.4 Å². The van der Waals surface area contributed by atoms with Crippen LogP contribution in [0.4, 0.5) is 0 Å². The third kappa shape index (κ3) is 1.81. The summed E-state index contributed by atoms with van der Waals surface area (Å²) in [5.74, 6) is 0. The maximum atomic E-state index is 10.7. The summed E-state index contributed by atoms with van der Waals surface area (Å²) in [5.41, 5.74) is 0.215. The monoisotopic (exact) mass is 229 g/mol. The Labute approximate surface area is 100 Å². The van der Waals surface area contributed by atoms with Gasteiger partial charge in [0.2, 0.25) is 0 Å². The summed E-state index contributed by atoms with van der Waals surface area (Å²) in [6.45, 7) is 1.24. The normalized spacial score (nSPS) is 19.4. The Kier molecular flexibility index (Phi) is 2.57. The van der Waals surface area contributed by atoms with Crippen molar-refractivity contribution >= 4 is 10.8 Å². The quantitative estimate of drug-likeness (QED) is 0.815. The van der Waals surface area contributed by atoms with Crippen LogP contribution >= 0.6 is 0 Å². The van der Waals surface area contributed by atoms with E-state index < -0.39 is 5.60 Å². The van der Waals surface area contributed by atoms with E-state index in [-0.39, 0.29) is 0 Å². The Bertz CT molecular complexity index is 527. The molecule has 0 spiro atoms. The minimum atomic E-state index is -0.763. The highest BCUT2D eigenvalue weighted by atomic mass is 16.5. The molecular formula is C14H15NO2. The van der Waals surface area contributed by atoms with Gasteiger partial charge in [-0.05, 0) is 17.0 Å². The maximum absolute atomic E-state index is 10.7. The molecule has 2 heterocycles. The van der Waals surface area contributed by atoms with Crippen LogP contribution in [0.2, 0.25) is 0 Å². The first-order valence-electron chi connectivity index (χ1n) is 5.93. The summed E-state index contributed by atoms with van der Waals surface area (Å²) < 4.78 is 5.32. The number of fused-ring (bicyclic) bond motifs is 1. The summed E-state index contributed by atoms with van der Waals surface area (Å²) in [4.78, 5) is 4.16. The number of hydrogen-bond donors (Lipinski definition) is 1. The third-order valence-corrected chi connectivity index (χ3v) is 3.50. The number of nitrogens with zero attached hydrogens (tertiary/aromatic N) is 1. The van der Waals surface area contributed by atoms with E-state index in [2.05, 4.69) is 4.98 Å². The number of hydrogen-bond acceptors (Lipinski definition) is 3. The molecule has 0 aliphatic carbocycles. The van der Waals surface area contributed by atoms with Crippen molar-refractivity contribution in [2.24, 2.45) is 0 Å². The van der Waals surface area contributed by atoms with Gasteiger partial charge in [0.15, 0.2) is 0 Å². The van der Waals surface area contributed by atoms with Gasteiger partial charge in [0.25, 0.3) is 0 Å². The smallest absolute Gasteiger partial charge is 0.0946 e. The molecule has 88 valence electrons. The first-order valence-corrected chi connectivity index (χ1v) is 5.93. The molecule has 3 rings (SSSR count). The van der Waals surface area contributed by atoms with Crippen molar-refractivity contribution in [1.29, 1.82) is 0 Å². The Balaban J connectivity index is 2.16. The van der Waals surface area contributed by atoms with Gasteiger partial charge in [0.1, 0.15) is 0 Å². The van der Waals surface area contributed by atoms with E-state index in [1.165, 1.54) is 0 Å². The van der Waals surface area contributed by atoms with Gasteiger partial charge < -0.3 is 9.84 Å². The second-order valence-corrected chi connectivity index (χ2v) is 4.55. The second-order valence-electron chi connectivity index (χ2n) is 4.55. The van der Waals surface area contributed by atoms with Crippen molar-refractivity contribution in [3.8, 4) is 0 Å². The highest BCUT2D eigenvalue weighted by Crippen LogP contribution is 2.35. The van der Waals surface area contributed by atoms with Crippen molar-refractivity contribution in [3.05, 3.63) is 42.2 Å². The molecule has 1 aliphatic heterocycles. The molecule has 0 unspecified atom stereocenters. The molecule has 1 aromatic carbocycles. The lowest BCUT2D eigenvalue weighted by atomic mass is 9.84. The third-order valence-electron chi connectivity index (χ3n) is 3.50. The fourth-order valence-electron chi connectivity index (χ4n) is 2.50. The lowest BCUT2D eigenvalue weighted by Gasteiger charge is -2.33. The van der Waals surface area contributed by atoms with Crippen molar-refractivity contribution < 1.29 is 9.84 Å². The molecule has 0 amide bonds. The molecule has 0 radical (unpaired) electrons. The lowest BCUT2D eigenvalue weighted by Crippen LogP contribution is -2.33. The van der Waals surface area contributed by atoms with E-state index in [1.807, 2.05) is 30.5 Å². The van der Waals surface area contributed by atoms with Crippen molar-refractivity contribution in [3.63, 3.8) is 0 Å². The van der Waals surface area contributed by atoms with Crippen LogP contribution < -0.4 is 0 Å². The van der Waals surface area contributed by atoms with Gasteiger partial charge in [-0.25, -0.2) is 0 Å². The highest BCUT2D eigenvalue weighted by Gasteiger charge is 2.32. The number of aliphatic hydroxyl groups is 1. The van der Waals surface area contributed by atoms with Gasteiger partial charge in [-0.3, -0.25) is 4.98 Å². The van der Waals surface area contributed by atoms with Crippen LogP contribution in [0.1, 0.15) is 18.4 Å². The van der Waals surface area contributed by atoms with E-state index >= 15 is 0 Å². The molecular weight excluding hydrogens is 214 g/mol. The number of aromatic nitrogens is 1. The van der Waals surface area contributed by atoms with Crippen LogP contribution in [0.25, 0.3) is 10.8 Å². The summed E-state index contributed by atoms with van der Waals surface area (Å²) >= 11 is 0. The minimum Gasteiger partial charge on any atom is -0.385 e. The standard InChI is InChI=1S/C14H15NO2/c16-14(5-8-17-9-6-14)13-3-1-2-11-4-7-15-10-12(11)13/h1-4,7,10,16H,5-6,8-9H2. The number of rotatable bonds is 1. The van der Waals surface area contributed by atoms with E-state index in [1.54, 1.807) is 6.20 Å². The molecule has 0 atom stereocenters. The summed E-state index contributed by atoms with van der Waals surface area (Å²) in [6.07, 6.45) is 4.92. The van der Waals surface area contributed by atoms with E-state index in [4.69, 9.17) is 4.74 Å². The van der Waals surface area contributed by atoms with Gasteiger partial charge in [-0.1, -0.05) is 18.2 Å². The number of benzene rings is 1. The summed E-state index contributed by atoms with van der Waals surface area (Å²) in [6, 6.07) is 8.01. The number of ether oxygens (including phenoxy) is 1. The molecule has 3 nitrogen and oxygen atoms in total.